The van der Waals surface area contributed by atoms with E-state index in [1.54, 1.807) is 11.8 Å². The van der Waals surface area contributed by atoms with Crippen LogP contribution in [-0.4, -0.2) is 50.4 Å². The number of benzene rings is 2. The van der Waals surface area contributed by atoms with Gasteiger partial charge in [0.15, 0.2) is 6.23 Å². The van der Waals surface area contributed by atoms with Crippen LogP contribution in [0.2, 0.25) is 0 Å². The first-order valence-electron chi connectivity index (χ1n) is 12.8. The summed E-state index contributed by atoms with van der Waals surface area (Å²) >= 11 is 0. The smallest absolute Gasteiger partial charge is 0.409 e. The van der Waals surface area contributed by atoms with Crippen molar-refractivity contribution in [3.05, 3.63) is 77.2 Å². The van der Waals surface area contributed by atoms with Crippen LogP contribution in [0.5, 0.6) is 5.75 Å². The summed E-state index contributed by atoms with van der Waals surface area (Å²) in [5, 5.41) is 3.45. The molecule has 37 heavy (non-hydrogen) atoms. The van der Waals surface area contributed by atoms with Crippen molar-refractivity contribution < 1.29 is 28.5 Å². The van der Waals surface area contributed by atoms with Crippen LogP contribution in [0, 0.1) is 11.8 Å². The van der Waals surface area contributed by atoms with Gasteiger partial charge < -0.3 is 29.2 Å². The van der Waals surface area contributed by atoms with Gasteiger partial charge in [-0.1, -0.05) is 42.5 Å². The van der Waals surface area contributed by atoms with E-state index in [0.717, 1.165) is 34.8 Å². The Hall–Kier alpha value is -3.68. The van der Waals surface area contributed by atoms with E-state index >= 15 is 0 Å². The Bertz CT molecular complexity index is 1100. The monoisotopic (exact) mass is 508 g/mol. The summed E-state index contributed by atoms with van der Waals surface area (Å²) in [6.07, 6.45) is 1.21. The van der Waals surface area contributed by atoms with Gasteiger partial charge in [0, 0.05) is 25.1 Å². The summed E-state index contributed by atoms with van der Waals surface area (Å²) in [4.78, 5) is 26.0. The highest BCUT2D eigenvalue weighted by atomic mass is 16.6. The number of hydrogen-bond donors (Lipinski definition) is 1. The number of esters is 1. The lowest BCUT2D eigenvalue weighted by atomic mass is 9.87. The number of methoxy groups -OCH3 is 1. The molecule has 0 spiro atoms. The second kappa shape index (κ2) is 12.5. The molecular weight excluding hydrogens is 472 g/mol. The number of nitrogens with zero attached hydrogens (tertiary/aromatic N) is 1. The highest BCUT2D eigenvalue weighted by Crippen LogP contribution is 2.31. The molecule has 8 heteroatoms. The number of hydrogen-bond acceptors (Lipinski definition) is 7. The standard InChI is InChI=1S/C29H36N2O6/c1-4-35-29(33)31-18-23(24(19-31)17-27(32)34-3)15-21-9-8-12-25(16-21)36-14-13-26-20(2)37-28(30-26)22-10-6-5-7-11-22/h5-12,16,23-24,28,30H,4,13-15,17-19H2,1-3H3/t23-,24-,28?/m0/s1. The zero-order chi connectivity index (χ0) is 26.2. The highest BCUT2D eigenvalue weighted by Gasteiger charge is 2.37. The summed E-state index contributed by atoms with van der Waals surface area (Å²) < 4.78 is 22.1. The van der Waals surface area contributed by atoms with Crippen molar-refractivity contribution in [3.63, 3.8) is 0 Å². The molecule has 0 aliphatic carbocycles. The van der Waals surface area contributed by atoms with Crippen LogP contribution in [-0.2, 0) is 25.4 Å². The molecule has 2 aliphatic heterocycles. The fourth-order valence-corrected chi connectivity index (χ4v) is 4.96. The molecule has 3 atom stereocenters. The van der Waals surface area contributed by atoms with Crippen LogP contribution >= 0.6 is 0 Å². The van der Waals surface area contributed by atoms with Gasteiger partial charge in [-0.3, -0.25) is 4.79 Å². The maximum Gasteiger partial charge on any atom is 0.409 e. The number of ether oxygens (including phenoxy) is 4. The summed E-state index contributed by atoms with van der Waals surface area (Å²) in [5.74, 6) is 1.55. The Kier molecular flexibility index (Phi) is 8.93. The lowest BCUT2D eigenvalue weighted by Gasteiger charge is -2.17. The van der Waals surface area contributed by atoms with Gasteiger partial charge in [0.25, 0.3) is 0 Å². The summed E-state index contributed by atoms with van der Waals surface area (Å²) in [6.45, 7) is 5.64. The predicted octanol–water partition coefficient (Wildman–Crippen LogP) is 4.82. The Labute approximate surface area is 218 Å². The van der Waals surface area contributed by atoms with E-state index in [1.807, 2.05) is 55.5 Å². The predicted molar refractivity (Wildman–Crippen MR) is 139 cm³/mol. The van der Waals surface area contributed by atoms with Gasteiger partial charge in [-0.25, -0.2) is 4.79 Å². The minimum absolute atomic E-state index is 0.0161. The van der Waals surface area contributed by atoms with Crippen LogP contribution in [0.4, 0.5) is 4.79 Å². The number of likely N-dealkylation sites (tertiary alicyclic amines) is 1. The van der Waals surface area contributed by atoms with E-state index in [-0.39, 0.29) is 36.5 Å². The molecule has 0 aromatic heterocycles. The quantitative estimate of drug-likeness (QED) is 0.461. The normalized spacial score (nSPS) is 20.8. The zero-order valence-corrected chi connectivity index (χ0v) is 21.8. The molecule has 2 heterocycles. The molecule has 2 aromatic carbocycles. The van der Waals surface area contributed by atoms with E-state index < -0.39 is 0 Å². The topological polar surface area (TPSA) is 86.3 Å². The maximum absolute atomic E-state index is 12.3. The molecular formula is C29H36N2O6. The lowest BCUT2D eigenvalue weighted by molar-refractivity contribution is -0.141. The third-order valence-electron chi connectivity index (χ3n) is 6.90. The average Bonchev–Trinajstić information content (AvgIpc) is 3.48. The van der Waals surface area contributed by atoms with Crippen molar-refractivity contribution in [2.45, 2.75) is 39.3 Å². The zero-order valence-electron chi connectivity index (χ0n) is 21.8. The van der Waals surface area contributed by atoms with Crippen LogP contribution < -0.4 is 10.1 Å². The first kappa shape index (κ1) is 26.4. The molecule has 4 rings (SSSR count). The fourth-order valence-electron chi connectivity index (χ4n) is 4.96. The first-order chi connectivity index (χ1) is 18.0. The largest absolute Gasteiger partial charge is 0.493 e. The van der Waals surface area contributed by atoms with Crippen molar-refractivity contribution in [1.82, 2.24) is 10.2 Å². The molecule has 1 N–H and O–H groups in total. The molecule has 0 saturated carbocycles. The third-order valence-corrected chi connectivity index (χ3v) is 6.90. The minimum Gasteiger partial charge on any atom is -0.493 e. The van der Waals surface area contributed by atoms with Crippen LogP contribution in [0.15, 0.2) is 66.1 Å². The molecule has 0 bridgehead atoms. The molecule has 198 valence electrons. The lowest BCUT2D eigenvalue weighted by Crippen LogP contribution is -2.30. The van der Waals surface area contributed by atoms with E-state index in [9.17, 15) is 9.59 Å². The third kappa shape index (κ3) is 6.96. The number of nitrogens with one attached hydrogen (secondary N) is 1. The van der Waals surface area contributed by atoms with Crippen molar-refractivity contribution in [1.29, 1.82) is 0 Å². The van der Waals surface area contributed by atoms with E-state index in [0.29, 0.717) is 32.7 Å². The van der Waals surface area contributed by atoms with Crippen LogP contribution in [0.25, 0.3) is 0 Å². The van der Waals surface area contributed by atoms with Crippen molar-refractivity contribution in [2.75, 3.05) is 33.4 Å². The number of amides is 1. The second-order valence-corrected chi connectivity index (χ2v) is 9.44. The maximum atomic E-state index is 12.3. The first-order valence-corrected chi connectivity index (χ1v) is 12.8. The molecule has 1 amide bonds. The molecule has 2 aromatic rings. The Morgan fingerprint density at radius 2 is 1.86 bits per heavy atom. The fraction of sp³-hybridized carbons (Fsp3) is 0.448. The molecule has 1 unspecified atom stereocenters. The number of allylic oxidation sites excluding steroid dienone is 1. The molecule has 0 radical (unpaired) electrons. The highest BCUT2D eigenvalue weighted by molar-refractivity contribution is 5.71. The van der Waals surface area contributed by atoms with Gasteiger partial charge in [0.05, 0.1) is 32.4 Å². The van der Waals surface area contributed by atoms with Crippen molar-refractivity contribution in [3.8, 4) is 5.75 Å². The number of carbonyl (C=O) groups is 2. The molecule has 1 saturated heterocycles. The summed E-state index contributed by atoms with van der Waals surface area (Å²) in [6, 6.07) is 18.1. The molecule has 8 nitrogen and oxygen atoms in total. The summed E-state index contributed by atoms with van der Waals surface area (Å²) in [5.41, 5.74) is 3.23. The minimum atomic E-state index is -0.333. The average molecular weight is 509 g/mol. The Morgan fingerprint density at radius 3 is 2.62 bits per heavy atom. The van der Waals surface area contributed by atoms with E-state index in [1.165, 1.54) is 7.11 Å². The van der Waals surface area contributed by atoms with E-state index in [2.05, 4.69) is 11.4 Å². The van der Waals surface area contributed by atoms with E-state index in [4.69, 9.17) is 18.9 Å². The van der Waals surface area contributed by atoms with Gasteiger partial charge in [0.1, 0.15) is 11.5 Å². The molecule has 2 aliphatic rings. The molecule has 1 fully saturated rings. The second-order valence-electron chi connectivity index (χ2n) is 9.44. The Balaban J connectivity index is 1.32. The Morgan fingerprint density at radius 1 is 1.08 bits per heavy atom. The van der Waals surface area contributed by atoms with Gasteiger partial charge >= 0.3 is 12.1 Å². The number of carbonyl (C=O) groups excluding carboxylic acids is 2. The van der Waals surface area contributed by atoms with Crippen molar-refractivity contribution >= 4 is 12.1 Å². The summed E-state index contributed by atoms with van der Waals surface area (Å²) in [7, 11) is 1.39. The van der Waals surface area contributed by atoms with Crippen molar-refractivity contribution in [2.24, 2.45) is 11.8 Å². The van der Waals surface area contributed by atoms with Gasteiger partial charge in [-0.15, -0.1) is 0 Å². The van der Waals surface area contributed by atoms with Gasteiger partial charge in [-0.05, 0) is 49.8 Å². The van der Waals surface area contributed by atoms with Crippen LogP contribution in [0.3, 0.4) is 0 Å². The SMILES string of the molecule is CCOC(=O)N1C[C@H](CC(=O)OC)[C@@H](Cc2cccc(OCCC3=C(C)OC(c4ccccc4)N3)c2)C1. The number of rotatable bonds is 10. The van der Waals surface area contributed by atoms with Gasteiger partial charge in [0.2, 0.25) is 0 Å². The van der Waals surface area contributed by atoms with Crippen LogP contribution in [0.1, 0.15) is 44.0 Å². The van der Waals surface area contributed by atoms with Gasteiger partial charge in [-0.2, -0.15) is 0 Å².